The Morgan fingerprint density at radius 2 is 2.20 bits per heavy atom. The molecule has 0 atom stereocenters. The third-order valence-electron chi connectivity index (χ3n) is 3.39. The number of benzene rings is 1. The van der Waals surface area contributed by atoms with Gasteiger partial charge in [0.25, 0.3) is 0 Å². The molecule has 0 aliphatic heterocycles. The van der Waals surface area contributed by atoms with Gasteiger partial charge < -0.3 is 19.3 Å². The minimum Gasteiger partial charge on any atom is -0.497 e. The zero-order valence-corrected chi connectivity index (χ0v) is 11.9. The lowest BCUT2D eigenvalue weighted by Gasteiger charge is -2.20. The summed E-state index contributed by atoms with van der Waals surface area (Å²) in [6.45, 7) is 3.16. The molecule has 5 heteroatoms. The summed E-state index contributed by atoms with van der Waals surface area (Å²) in [6.07, 6.45) is 1.90. The zero-order valence-electron chi connectivity index (χ0n) is 11.9. The number of carbonyl (C=O) groups is 1. The molecule has 0 radical (unpaired) electrons. The first kappa shape index (κ1) is 14.4. The van der Waals surface area contributed by atoms with Crippen LogP contribution in [0.25, 0.3) is 10.9 Å². The second-order valence-corrected chi connectivity index (χ2v) is 4.57. The van der Waals surface area contributed by atoms with E-state index in [1.54, 1.807) is 12.0 Å². The van der Waals surface area contributed by atoms with Crippen LogP contribution in [0.15, 0.2) is 30.5 Å². The smallest absolute Gasteiger partial charge is 0.242 e. The summed E-state index contributed by atoms with van der Waals surface area (Å²) in [7, 11) is 1.63. The maximum Gasteiger partial charge on any atom is 0.242 e. The van der Waals surface area contributed by atoms with Crippen LogP contribution >= 0.6 is 0 Å². The molecule has 108 valence electrons. The fourth-order valence-corrected chi connectivity index (χ4v) is 2.27. The van der Waals surface area contributed by atoms with Gasteiger partial charge in [-0.2, -0.15) is 0 Å². The van der Waals surface area contributed by atoms with E-state index in [1.165, 1.54) is 0 Å². The predicted molar refractivity (Wildman–Crippen MR) is 77.8 cm³/mol. The average Bonchev–Trinajstić information content (AvgIpc) is 2.86. The molecule has 5 nitrogen and oxygen atoms in total. The number of fused-ring (bicyclic) bond motifs is 1. The van der Waals surface area contributed by atoms with E-state index in [2.05, 4.69) is 0 Å². The van der Waals surface area contributed by atoms with Crippen LogP contribution in [0.4, 0.5) is 0 Å². The molecule has 0 bridgehead atoms. The SMILES string of the molecule is CCN(CCO)C(=O)Cn1ccc2cc(OC)ccc21. The number of aliphatic hydroxyl groups excluding tert-OH is 1. The maximum atomic E-state index is 12.2. The lowest BCUT2D eigenvalue weighted by molar-refractivity contribution is -0.132. The van der Waals surface area contributed by atoms with Crippen LogP contribution in [0.2, 0.25) is 0 Å². The normalized spacial score (nSPS) is 10.8. The molecule has 1 heterocycles. The molecule has 0 saturated carbocycles. The summed E-state index contributed by atoms with van der Waals surface area (Å²) in [5, 5.41) is 10.0. The summed E-state index contributed by atoms with van der Waals surface area (Å²) in [5.74, 6) is 0.812. The Morgan fingerprint density at radius 1 is 1.40 bits per heavy atom. The van der Waals surface area contributed by atoms with Crippen molar-refractivity contribution in [2.75, 3.05) is 26.8 Å². The molecule has 0 spiro atoms. The Morgan fingerprint density at radius 3 is 2.85 bits per heavy atom. The van der Waals surface area contributed by atoms with Crippen molar-refractivity contribution in [3.05, 3.63) is 30.5 Å². The lowest BCUT2D eigenvalue weighted by atomic mass is 10.2. The fourth-order valence-electron chi connectivity index (χ4n) is 2.27. The number of hydrogen-bond acceptors (Lipinski definition) is 3. The van der Waals surface area contributed by atoms with Crippen LogP contribution < -0.4 is 4.74 Å². The van der Waals surface area contributed by atoms with Crippen LogP contribution in [0.3, 0.4) is 0 Å². The highest BCUT2D eigenvalue weighted by Gasteiger charge is 2.12. The van der Waals surface area contributed by atoms with Gasteiger partial charge in [-0.05, 0) is 31.2 Å². The van der Waals surface area contributed by atoms with Crippen molar-refractivity contribution < 1.29 is 14.6 Å². The maximum absolute atomic E-state index is 12.2. The summed E-state index contributed by atoms with van der Waals surface area (Å²) in [5.41, 5.74) is 0.999. The molecule has 2 aromatic rings. The molecular formula is C15H20N2O3. The number of aliphatic hydroxyl groups is 1. The summed E-state index contributed by atoms with van der Waals surface area (Å²) in [6, 6.07) is 7.74. The van der Waals surface area contributed by atoms with Gasteiger partial charge in [0, 0.05) is 30.2 Å². The molecule has 1 aromatic heterocycles. The molecule has 1 amide bonds. The van der Waals surface area contributed by atoms with E-state index >= 15 is 0 Å². The molecule has 0 aliphatic rings. The van der Waals surface area contributed by atoms with Gasteiger partial charge in [-0.15, -0.1) is 0 Å². The highest BCUT2D eigenvalue weighted by Crippen LogP contribution is 2.21. The van der Waals surface area contributed by atoms with E-state index in [9.17, 15) is 4.79 Å². The second kappa shape index (κ2) is 6.43. The number of nitrogens with zero attached hydrogens (tertiary/aromatic N) is 2. The Hall–Kier alpha value is -2.01. The van der Waals surface area contributed by atoms with Gasteiger partial charge in [-0.1, -0.05) is 0 Å². The van der Waals surface area contributed by atoms with E-state index in [1.807, 2.05) is 42.0 Å². The Kier molecular flexibility index (Phi) is 4.63. The standard InChI is InChI=1S/C15H20N2O3/c1-3-16(8-9-18)15(19)11-17-7-6-12-10-13(20-2)4-5-14(12)17/h4-7,10,18H,3,8-9,11H2,1-2H3. The molecule has 1 N–H and O–H groups in total. The molecule has 0 aliphatic carbocycles. The van der Waals surface area contributed by atoms with Gasteiger partial charge in [0.05, 0.1) is 13.7 Å². The number of ether oxygens (including phenoxy) is 1. The monoisotopic (exact) mass is 276 g/mol. The van der Waals surface area contributed by atoms with Gasteiger partial charge in [0.2, 0.25) is 5.91 Å². The second-order valence-electron chi connectivity index (χ2n) is 4.57. The molecule has 0 saturated heterocycles. The van der Waals surface area contributed by atoms with Crippen molar-refractivity contribution >= 4 is 16.8 Å². The van der Waals surface area contributed by atoms with E-state index in [-0.39, 0.29) is 19.1 Å². The molecule has 1 aromatic carbocycles. The minimum absolute atomic E-state index is 0.00914. The van der Waals surface area contributed by atoms with Crippen molar-refractivity contribution in [1.29, 1.82) is 0 Å². The van der Waals surface area contributed by atoms with Crippen LogP contribution in [0.5, 0.6) is 5.75 Å². The molecular weight excluding hydrogens is 256 g/mol. The van der Waals surface area contributed by atoms with E-state index in [4.69, 9.17) is 9.84 Å². The summed E-state index contributed by atoms with van der Waals surface area (Å²) >= 11 is 0. The number of amides is 1. The van der Waals surface area contributed by atoms with Gasteiger partial charge in [-0.3, -0.25) is 4.79 Å². The Balaban J connectivity index is 2.19. The Bertz CT molecular complexity index is 592. The number of hydrogen-bond donors (Lipinski definition) is 1. The molecule has 0 fully saturated rings. The lowest BCUT2D eigenvalue weighted by Crippen LogP contribution is -2.35. The quantitative estimate of drug-likeness (QED) is 0.869. The first-order valence-electron chi connectivity index (χ1n) is 6.71. The first-order valence-corrected chi connectivity index (χ1v) is 6.71. The highest BCUT2D eigenvalue weighted by atomic mass is 16.5. The first-order chi connectivity index (χ1) is 9.69. The van der Waals surface area contributed by atoms with Crippen LogP contribution in [-0.2, 0) is 11.3 Å². The average molecular weight is 276 g/mol. The van der Waals surface area contributed by atoms with Crippen LogP contribution in [0.1, 0.15) is 6.92 Å². The number of carbonyl (C=O) groups excluding carboxylic acids is 1. The zero-order chi connectivity index (χ0) is 14.5. The third kappa shape index (κ3) is 2.93. The van der Waals surface area contributed by atoms with E-state index in [0.717, 1.165) is 16.7 Å². The van der Waals surface area contributed by atoms with Crippen molar-refractivity contribution in [2.24, 2.45) is 0 Å². The van der Waals surface area contributed by atoms with Gasteiger partial charge >= 0.3 is 0 Å². The minimum atomic E-state index is -0.0107. The van der Waals surface area contributed by atoms with Gasteiger partial charge in [0.1, 0.15) is 12.3 Å². The molecule has 2 rings (SSSR count). The predicted octanol–water partition coefficient (Wildman–Crippen LogP) is 1.49. The van der Waals surface area contributed by atoms with Crippen molar-refractivity contribution in [3.63, 3.8) is 0 Å². The number of methoxy groups -OCH3 is 1. The largest absolute Gasteiger partial charge is 0.497 e. The van der Waals surface area contributed by atoms with Crippen LogP contribution in [0, 0.1) is 0 Å². The van der Waals surface area contributed by atoms with Gasteiger partial charge in [-0.25, -0.2) is 0 Å². The van der Waals surface area contributed by atoms with Crippen molar-refractivity contribution in [2.45, 2.75) is 13.5 Å². The summed E-state index contributed by atoms with van der Waals surface area (Å²) in [4.78, 5) is 13.8. The number of aromatic nitrogens is 1. The van der Waals surface area contributed by atoms with Gasteiger partial charge in [0.15, 0.2) is 0 Å². The van der Waals surface area contributed by atoms with E-state index in [0.29, 0.717) is 13.1 Å². The van der Waals surface area contributed by atoms with E-state index < -0.39 is 0 Å². The molecule has 0 unspecified atom stereocenters. The molecule has 20 heavy (non-hydrogen) atoms. The van der Waals surface area contributed by atoms with Crippen LogP contribution in [-0.4, -0.2) is 47.3 Å². The van der Waals surface area contributed by atoms with Crippen molar-refractivity contribution in [3.8, 4) is 5.75 Å². The highest BCUT2D eigenvalue weighted by molar-refractivity contribution is 5.84. The summed E-state index contributed by atoms with van der Waals surface area (Å²) < 4.78 is 7.10. The fraction of sp³-hybridized carbons (Fsp3) is 0.400. The Labute approximate surface area is 118 Å². The number of rotatable bonds is 6. The van der Waals surface area contributed by atoms with Crippen molar-refractivity contribution in [1.82, 2.24) is 9.47 Å². The number of likely N-dealkylation sites (N-methyl/N-ethyl adjacent to an activating group) is 1. The third-order valence-corrected chi connectivity index (χ3v) is 3.39. The topological polar surface area (TPSA) is 54.7 Å².